The second-order valence-electron chi connectivity index (χ2n) is 4.55. The van der Waals surface area contributed by atoms with Gasteiger partial charge in [0.05, 0.1) is 0 Å². The number of aromatic nitrogens is 2. The maximum absolute atomic E-state index is 6.11. The highest BCUT2D eigenvalue weighted by Gasteiger charge is 2.37. The van der Waals surface area contributed by atoms with E-state index < -0.39 is 0 Å². The third kappa shape index (κ3) is 1.58. The van der Waals surface area contributed by atoms with Crippen LogP contribution in [0.1, 0.15) is 29.8 Å². The van der Waals surface area contributed by atoms with E-state index >= 15 is 0 Å². The molecular formula is C11H15N3S. The smallest absolute Gasteiger partial charge is 0.194 e. The SMILES string of the molecule is Cc1sc2nccn2c1CCC1(N)CC1. The van der Waals surface area contributed by atoms with E-state index in [1.54, 1.807) is 11.3 Å². The number of rotatable bonds is 3. The molecule has 3 rings (SSSR count). The molecule has 80 valence electrons. The zero-order chi connectivity index (χ0) is 10.5. The molecule has 0 bridgehead atoms. The quantitative estimate of drug-likeness (QED) is 0.862. The maximum Gasteiger partial charge on any atom is 0.194 e. The van der Waals surface area contributed by atoms with Crippen molar-refractivity contribution >= 4 is 16.3 Å². The summed E-state index contributed by atoms with van der Waals surface area (Å²) < 4.78 is 2.20. The van der Waals surface area contributed by atoms with E-state index in [9.17, 15) is 0 Å². The van der Waals surface area contributed by atoms with Gasteiger partial charge in [0.2, 0.25) is 0 Å². The molecule has 1 aliphatic carbocycles. The van der Waals surface area contributed by atoms with Gasteiger partial charge in [0.25, 0.3) is 0 Å². The first-order valence-electron chi connectivity index (χ1n) is 5.38. The van der Waals surface area contributed by atoms with Gasteiger partial charge >= 0.3 is 0 Å². The van der Waals surface area contributed by atoms with Crippen molar-refractivity contribution in [2.75, 3.05) is 0 Å². The summed E-state index contributed by atoms with van der Waals surface area (Å²) in [6, 6.07) is 0. The number of hydrogen-bond donors (Lipinski definition) is 1. The molecule has 0 aromatic carbocycles. The van der Waals surface area contributed by atoms with Gasteiger partial charge in [-0.3, -0.25) is 4.40 Å². The Labute approximate surface area is 92.9 Å². The Morgan fingerprint density at radius 2 is 2.40 bits per heavy atom. The molecular weight excluding hydrogens is 206 g/mol. The zero-order valence-corrected chi connectivity index (χ0v) is 9.68. The topological polar surface area (TPSA) is 43.3 Å². The molecule has 0 amide bonds. The van der Waals surface area contributed by atoms with Crippen LogP contribution in [0.3, 0.4) is 0 Å². The highest BCUT2D eigenvalue weighted by molar-refractivity contribution is 7.17. The summed E-state index contributed by atoms with van der Waals surface area (Å²) in [5.74, 6) is 0. The van der Waals surface area contributed by atoms with E-state index in [0.29, 0.717) is 0 Å². The molecule has 1 saturated carbocycles. The summed E-state index contributed by atoms with van der Waals surface area (Å²) in [6.07, 6.45) is 8.50. The highest BCUT2D eigenvalue weighted by Crippen LogP contribution is 2.37. The summed E-state index contributed by atoms with van der Waals surface area (Å²) in [4.78, 5) is 6.79. The van der Waals surface area contributed by atoms with Gasteiger partial charge < -0.3 is 5.73 Å². The third-order valence-electron chi connectivity index (χ3n) is 3.30. The van der Waals surface area contributed by atoms with Crippen molar-refractivity contribution in [3.05, 3.63) is 23.0 Å². The van der Waals surface area contributed by atoms with Gasteiger partial charge in [-0.05, 0) is 32.6 Å². The van der Waals surface area contributed by atoms with Gasteiger partial charge in [-0.2, -0.15) is 0 Å². The Morgan fingerprint density at radius 3 is 3.13 bits per heavy atom. The highest BCUT2D eigenvalue weighted by atomic mass is 32.1. The lowest BCUT2D eigenvalue weighted by Gasteiger charge is -2.07. The van der Waals surface area contributed by atoms with Crippen molar-refractivity contribution < 1.29 is 0 Å². The van der Waals surface area contributed by atoms with E-state index in [2.05, 4.69) is 16.3 Å². The number of thiazole rings is 1. The van der Waals surface area contributed by atoms with Gasteiger partial charge in [0.15, 0.2) is 4.96 Å². The first-order valence-corrected chi connectivity index (χ1v) is 6.20. The molecule has 15 heavy (non-hydrogen) atoms. The summed E-state index contributed by atoms with van der Waals surface area (Å²) in [5, 5.41) is 0. The van der Waals surface area contributed by atoms with Crippen molar-refractivity contribution in [1.29, 1.82) is 0 Å². The van der Waals surface area contributed by atoms with Crippen LogP contribution in [0.25, 0.3) is 4.96 Å². The van der Waals surface area contributed by atoms with Crippen molar-refractivity contribution in [2.45, 2.75) is 38.1 Å². The fourth-order valence-corrected chi connectivity index (χ4v) is 2.99. The van der Waals surface area contributed by atoms with Crippen molar-refractivity contribution in [3.8, 4) is 0 Å². The molecule has 0 aliphatic heterocycles. The number of aryl methyl sites for hydroxylation is 2. The summed E-state index contributed by atoms with van der Waals surface area (Å²) in [5.41, 5.74) is 7.66. The fourth-order valence-electron chi connectivity index (χ4n) is 2.01. The predicted octanol–water partition coefficient (Wildman–Crippen LogP) is 2.13. The molecule has 0 saturated heterocycles. The molecule has 0 spiro atoms. The molecule has 4 heteroatoms. The molecule has 1 aliphatic rings. The van der Waals surface area contributed by atoms with E-state index in [0.717, 1.165) is 17.8 Å². The summed E-state index contributed by atoms with van der Waals surface area (Å²) in [7, 11) is 0. The number of nitrogens with two attached hydrogens (primary N) is 1. The van der Waals surface area contributed by atoms with Crippen molar-refractivity contribution in [1.82, 2.24) is 9.38 Å². The average Bonchev–Trinajstić information content (AvgIpc) is 2.65. The Balaban J connectivity index is 1.88. The van der Waals surface area contributed by atoms with Crippen molar-refractivity contribution in [2.24, 2.45) is 5.73 Å². The van der Waals surface area contributed by atoms with Crippen LogP contribution in [0, 0.1) is 6.92 Å². The average molecular weight is 221 g/mol. The van der Waals surface area contributed by atoms with E-state index in [-0.39, 0.29) is 5.54 Å². The van der Waals surface area contributed by atoms with E-state index in [4.69, 9.17) is 5.73 Å². The molecule has 2 aromatic rings. The van der Waals surface area contributed by atoms with Crippen LogP contribution < -0.4 is 5.73 Å². The molecule has 0 unspecified atom stereocenters. The lowest BCUT2D eigenvalue weighted by molar-refractivity contribution is 0.601. The second-order valence-corrected chi connectivity index (χ2v) is 5.73. The van der Waals surface area contributed by atoms with Gasteiger partial charge in [0.1, 0.15) is 0 Å². The third-order valence-corrected chi connectivity index (χ3v) is 4.33. The largest absolute Gasteiger partial charge is 0.325 e. The molecule has 2 aromatic heterocycles. The zero-order valence-electron chi connectivity index (χ0n) is 8.86. The monoisotopic (exact) mass is 221 g/mol. The number of hydrogen-bond acceptors (Lipinski definition) is 3. The van der Waals surface area contributed by atoms with E-state index in [1.165, 1.54) is 23.4 Å². The standard InChI is InChI=1S/C11H15N3S/c1-8-9(2-3-11(12)4-5-11)14-7-6-13-10(14)15-8/h6-7H,2-5,12H2,1H3. The molecule has 0 atom stereocenters. The minimum Gasteiger partial charge on any atom is -0.325 e. The summed E-state index contributed by atoms with van der Waals surface area (Å²) in [6.45, 7) is 2.17. The normalized spacial score (nSPS) is 18.5. The van der Waals surface area contributed by atoms with Crippen LogP contribution in [0.15, 0.2) is 12.4 Å². The van der Waals surface area contributed by atoms with Crippen LogP contribution in [-0.4, -0.2) is 14.9 Å². The molecule has 0 radical (unpaired) electrons. The fraction of sp³-hybridized carbons (Fsp3) is 0.545. The second kappa shape index (κ2) is 3.06. The maximum atomic E-state index is 6.11. The van der Waals surface area contributed by atoms with Gasteiger partial charge in [-0.25, -0.2) is 4.98 Å². The van der Waals surface area contributed by atoms with Crippen LogP contribution in [0.2, 0.25) is 0 Å². The Bertz CT molecular complexity index is 493. The van der Waals surface area contributed by atoms with Crippen LogP contribution >= 0.6 is 11.3 Å². The van der Waals surface area contributed by atoms with Gasteiger partial charge in [0, 0.05) is 28.5 Å². The van der Waals surface area contributed by atoms with Crippen LogP contribution in [0.4, 0.5) is 0 Å². The minimum absolute atomic E-state index is 0.154. The van der Waals surface area contributed by atoms with E-state index in [1.807, 2.05) is 12.4 Å². The first kappa shape index (κ1) is 9.36. The minimum atomic E-state index is 0.154. The predicted molar refractivity (Wildman–Crippen MR) is 62.3 cm³/mol. The summed E-state index contributed by atoms with van der Waals surface area (Å²) >= 11 is 1.77. The molecule has 2 N–H and O–H groups in total. The van der Waals surface area contributed by atoms with Crippen molar-refractivity contribution in [3.63, 3.8) is 0 Å². The molecule has 2 heterocycles. The molecule has 1 fully saturated rings. The molecule has 3 nitrogen and oxygen atoms in total. The lowest BCUT2D eigenvalue weighted by atomic mass is 10.1. The number of imidazole rings is 1. The Kier molecular flexibility index (Phi) is 1.91. The van der Waals surface area contributed by atoms with Gasteiger partial charge in [-0.1, -0.05) is 0 Å². The van der Waals surface area contributed by atoms with Gasteiger partial charge in [-0.15, -0.1) is 11.3 Å². The first-order chi connectivity index (χ1) is 7.18. The lowest BCUT2D eigenvalue weighted by Crippen LogP contribution is -2.22. The number of fused-ring (bicyclic) bond motifs is 1. The Hall–Kier alpha value is -0.870. The van der Waals surface area contributed by atoms with Crippen LogP contribution in [-0.2, 0) is 6.42 Å². The Morgan fingerprint density at radius 1 is 1.60 bits per heavy atom. The number of nitrogens with zero attached hydrogens (tertiary/aromatic N) is 2. The van der Waals surface area contributed by atoms with Crippen LogP contribution in [0.5, 0.6) is 0 Å².